The molecule has 12 N–H and O–H groups in total. The first-order valence-electron chi connectivity index (χ1n) is 19.6. The quantitative estimate of drug-likeness (QED) is 0.0773. The van der Waals surface area contributed by atoms with E-state index in [4.69, 9.17) is 5.73 Å². The summed E-state index contributed by atoms with van der Waals surface area (Å²) in [6.07, 6.45) is -0.386. The second kappa shape index (κ2) is 23.6. The molecule has 18 nitrogen and oxygen atoms in total. The van der Waals surface area contributed by atoms with Crippen LogP contribution in [0.2, 0.25) is 0 Å². The fourth-order valence-corrected chi connectivity index (χ4v) is 8.57. The Labute approximate surface area is 355 Å². The number of H-pyrrole nitrogens is 1. The van der Waals surface area contributed by atoms with E-state index >= 15 is 0 Å². The summed E-state index contributed by atoms with van der Waals surface area (Å²) in [7, 11) is 2.24. The highest BCUT2D eigenvalue weighted by molar-refractivity contribution is 8.76. The number of nitrogens with one attached hydrogen (secondary N) is 7. The van der Waals surface area contributed by atoms with Crippen molar-refractivity contribution in [3.63, 3.8) is 0 Å². The lowest BCUT2D eigenvalue weighted by atomic mass is 10.0. The van der Waals surface area contributed by atoms with Crippen LogP contribution in [0, 0.1) is 0 Å². The van der Waals surface area contributed by atoms with Crippen LogP contribution in [0.4, 0.5) is 0 Å². The van der Waals surface area contributed by atoms with Gasteiger partial charge in [-0.05, 0) is 56.8 Å². The van der Waals surface area contributed by atoms with Gasteiger partial charge in [-0.25, -0.2) is 4.79 Å². The zero-order chi connectivity index (χ0) is 43.8. The lowest BCUT2D eigenvalue weighted by Crippen LogP contribution is -2.62. The van der Waals surface area contributed by atoms with Crippen molar-refractivity contribution in [1.82, 2.24) is 36.9 Å². The molecule has 0 bridgehead atoms. The van der Waals surface area contributed by atoms with E-state index < -0.39 is 89.9 Å². The summed E-state index contributed by atoms with van der Waals surface area (Å²) in [6.45, 7) is 2.69. The number of aliphatic hydroxyl groups excluding tert-OH is 2. The van der Waals surface area contributed by atoms with E-state index in [0.717, 1.165) is 38.1 Å². The van der Waals surface area contributed by atoms with Gasteiger partial charge >= 0.3 is 5.97 Å². The number of hydrogen-bond donors (Lipinski definition) is 11. The number of aromatic nitrogens is 1. The van der Waals surface area contributed by atoms with Crippen LogP contribution in [0.3, 0.4) is 0 Å². The molecular weight excluding hydrogens is 817 g/mol. The lowest BCUT2D eigenvalue weighted by molar-refractivity contribution is -0.145. The van der Waals surface area contributed by atoms with E-state index in [-0.39, 0.29) is 43.7 Å². The van der Waals surface area contributed by atoms with Gasteiger partial charge < -0.3 is 57.9 Å². The number of aromatic amines is 1. The number of unbranched alkanes of at least 4 members (excludes halogenated alkanes) is 1. The molecule has 2 heterocycles. The highest BCUT2D eigenvalue weighted by atomic mass is 33.1. The number of benzene rings is 2. The van der Waals surface area contributed by atoms with E-state index in [1.165, 1.54) is 13.8 Å². The summed E-state index contributed by atoms with van der Waals surface area (Å²) < 4.78 is 0. The average molecular weight is 871 g/mol. The van der Waals surface area contributed by atoms with Crippen molar-refractivity contribution in [3.05, 3.63) is 71.9 Å². The number of amides is 6. The fraction of sp³-hybridized carbons (Fsp3) is 0.475. The minimum atomic E-state index is -1.72. The normalized spacial score (nSPS) is 23.1. The molecule has 1 saturated heterocycles. The molecule has 0 aliphatic carbocycles. The number of fused-ring (bicyclic) bond motifs is 1. The molecule has 6 amide bonds. The van der Waals surface area contributed by atoms with Crippen LogP contribution in [-0.4, -0.2) is 128 Å². The monoisotopic (exact) mass is 870 g/mol. The maximum atomic E-state index is 14.3. The number of nitrogens with two attached hydrogens (primary N) is 1. The van der Waals surface area contributed by atoms with Crippen molar-refractivity contribution in [2.45, 2.75) is 101 Å². The van der Waals surface area contributed by atoms with E-state index in [9.17, 15) is 48.9 Å². The number of carboxylic acids is 1. The van der Waals surface area contributed by atoms with Crippen LogP contribution < -0.4 is 37.6 Å². The molecule has 3 aromatic rings. The Bertz CT molecular complexity index is 1950. The summed E-state index contributed by atoms with van der Waals surface area (Å²) in [6, 6.07) is 7.92. The third-order valence-corrected chi connectivity index (χ3v) is 12.1. The molecule has 1 fully saturated rings. The molecule has 4 rings (SSSR count). The second-order valence-electron chi connectivity index (χ2n) is 14.5. The lowest BCUT2D eigenvalue weighted by Gasteiger charge is -2.28. The van der Waals surface area contributed by atoms with Crippen LogP contribution in [0.15, 0.2) is 60.8 Å². The Morgan fingerprint density at radius 2 is 1.45 bits per heavy atom. The second-order valence-corrected chi connectivity index (χ2v) is 17.1. The molecule has 8 atom stereocenters. The molecule has 1 aromatic heterocycles. The van der Waals surface area contributed by atoms with Crippen molar-refractivity contribution in [2.75, 3.05) is 18.1 Å². The van der Waals surface area contributed by atoms with Crippen LogP contribution >= 0.6 is 21.6 Å². The maximum Gasteiger partial charge on any atom is 0.328 e. The van der Waals surface area contributed by atoms with Crippen molar-refractivity contribution in [2.24, 2.45) is 5.73 Å². The Kier molecular flexibility index (Phi) is 18.7. The highest BCUT2D eigenvalue weighted by Crippen LogP contribution is 2.24. The van der Waals surface area contributed by atoms with Crippen LogP contribution in [0.5, 0.6) is 0 Å². The number of aliphatic hydroxyl groups is 2. The van der Waals surface area contributed by atoms with Gasteiger partial charge in [0.15, 0.2) is 6.04 Å². The van der Waals surface area contributed by atoms with Gasteiger partial charge in [-0.1, -0.05) is 70.1 Å². The molecule has 60 heavy (non-hydrogen) atoms. The molecule has 1 aliphatic rings. The average Bonchev–Trinajstić information content (AvgIpc) is 3.62. The third kappa shape index (κ3) is 14.3. The van der Waals surface area contributed by atoms with Gasteiger partial charge in [0.1, 0.15) is 30.2 Å². The topological polar surface area (TPSA) is 294 Å². The molecule has 326 valence electrons. The summed E-state index contributed by atoms with van der Waals surface area (Å²) in [5.41, 5.74) is 7.96. The number of rotatable bonds is 13. The summed E-state index contributed by atoms with van der Waals surface area (Å²) in [5.74, 6) is -6.19. The van der Waals surface area contributed by atoms with Gasteiger partial charge in [0, 0.05) is 47.9 Å². The van der Waals surface area contributed by atoms with E-state index in [0.29, 0.717) is 18.4 Å². The molecule has 20 heteroatoms. The Hall–Kier alpha value is -5.15. The molecule has 1 aliphatic heterocycles. The van der Waals surface area contributed by atoms with Gasteiger partial charge in [0.05, 0.1) is 12.2 Å². The van der Waals surface area contributed by atoms with Crippen LogP contribution in [0.25, 0.3) is 10.9 Å². The van der Waals surface area contributed by atoms with Crippen molar-refractivity contribution < 1.29 is 48.9 Å². The van der Waals surface area contributed by atoms with E-state index in [2.05, 4.69) is 36.9 Å². The number of para-hydroxylation sites is 1. The molecule has 2 aromatic carbocycles. The van der Waals surface area contributed by atoms with Gasteiger partial charge in [-0.3, -0.25) is 28.8 Å². The van der Waals surface area contributed by atoms with Gasteiger partial charge in [0.25, 0.3) is 0 Å². The standard InChI is InChI=1S/C40H54N8O10S2/c1-22(49)33-39(56)46-31(38(55)48-34(23(2)50)40(57)58)21-60-59-17-15-32(51)43-29(18-24-10-4-3-5-11-24)36(53)45-30(19-25-20-42-27-13-7-6-12-26(25)27)37(54)44-28(35(52)47-33)14-8-9-16-41/h3-7,10-13,20,22-23,28-31,33-34,42,49-50H,8-9,14-19,21,41H2,1-2H3,(H,43,51)(H,44,54)(H,45,53)(H,46,56)(H,47,52)(H,48,55)(H,57,58)/t22-,23-,28+,29+,30-,31+,33+,34+/m1/s1. The van der Waals surface area contributed by atoms with Crippen molar-refractivity contribution in [3.8, 4) is 0 Å². The highest BCUT2D eigenvalue weighted by Gasteiger charge is 2.36. The van der Waals surface area contributed by atoms with E-state index in [1.807, 2.05) is 30.3 Å². The zero-order valence-corrected chi connectivity index (χ0v) is 35.0. The molecule has 0 saturated carbocycles. The number of carbonyl (C=O) groups is 7. The first kappa shape index (κ1) is 47.5. The number of aliphatic carboxylic acids is 1. The van der Waals surface area contributed by atoms with Crippen molar-refractivity contribution in [1.29, 1.82) is 0 Å². The number of hydrogen-bond acceptors (Lipinski definition) is 12. The Balaban J connectivity index is 1.72. The molecule has 0 unspecified atom stereocenters. The number of carboxylic acid groups (broad SMARTS) is 1. The summed E-state index contributed by atoms with van der Waals surface area (Å²) in [4.78, 5) is 97.9. The molecular formula is C40H54N8O10S2. The largest absolute Gasteiger partial charge is 0.480 e. The first-order valence-corrected chi connectivity index (χ1v) is 22.1. The fourth-order valence-electron chi connectivity index (χ4n) is 6.42. The predicted octanol–water partition coefficient (Wildman–Crippen LogP) is -0.378. The molecule has 0 radical (unpaired) electrons. The SMILES string of the molecule is C[C@@H](O)[C@H](NC(=O)[C@@H]1CSSCCC(=O)N[C@@H](Cc2ccccc2)C(=O)N[C@H](Cc2c[nH]c3ccccc23)C(=O)N[C@@H](CCCCN)C(=O)N[C@@H]([C@@H](C)O)C(=O)N1)C(=O)O. The first-order chi connectivity index (χ1) is 28.7. The third-order valence-electron chi connectivity index (χ3n) is 9.72. The number of carbonyl (C=O) groups excluding carboxylic acids is 6. The minimum Gasteiger partial charge on any atom is -0.480 e. The van der Waals surface area contributed by atoms with Gasteiger partial charge in [0.2, 0.25) is 35.4 Å². The maximum absolute atomic E-state index is 14.3. The summed E-state index contributed by atoms with van der Waals surface area (Å²) >= 11 is 0. The smallest absolute Gasteiger partial charge is 0.328 e. The predicted molar refractivity (Wildman–Crippen MR) is 227 cm³/mol. The van der Waals surface area contributed by atoms with Crippen LogP contribution in [-0.2, 0) is 46.4 Å². The van der Waals surface area contributed by atoms with Crippen LogP contribution in [0.1, 0.15) is 50.7 Å². The summed E-state index contributed by atoms with van der Waals surface area (Å²) in [5, 5.41) is 46.6. The van der Waals surface area contributed by atoms with Gasteiger partial charge in [-0.15, -0.1) is 0 Å². The Morgan fingerprint density at radius 3 is 2.12 bits per heavy atom. The zero-order valence-electron chi connectivity index (χ0n) is 33.3. The van der Waals surface area contributed by atoms with Gasteiger partial charge in [-0.2, -0.15) is 0 Å². The molecule has 0 spiro atoms. The Morgan fingerprint density at radius 1 is 0.800 bits per heavy atom. The minimum absolute atomic E-state index is 0.0153. The van der Waals surface area contributed by atoms with E-state index in [1.54, 1.807) is 30.5 Å². The van der Waals surface area contributed by atoms with Crippen molar-refractivity contribution >= 4 is 73.9 Å².